The summed E-state index contributed by atoms with van der Waals surface area (Å²) in [6.45, 7) is 10.2. The molecule has 1 N–H and O–H groups in total. The van der Waals surface area contributed by atoms with Gasteiger partial charge in [0.1, 0.15) is 12.7 Å². The highest BCUT2D eigenvalue weighted by molar-refractivity contribution is 5.85. The molecular weight excluding hydrogens is 552 g/mol. The van der Waals surface area contributed by atoms with Crippen molar-refractivity contribution in [3.63, 3.8) is 0 Å². The standard InChI is InChI=1S/C32H43F2NO5.ClH/c1-6-38-29(36)12-11-22-16-27(33)31(34)28(17-22)39-20-26(40-30(37)13-21(2)3)19-35-32(4,5)18-23-14-24-9-7-8-10-25(24)15-23;/h7-10,16-17,21,23,26,35H,6,11-15,18-20H2,1-5H3;1H. The van der Waals surface area contributed by atoms with Crippen molar-refractivity contribution in [2.45, 2.75) is 84.8 Å². The molecule has 1 aliphatic rings. The Morgan fingerprint density at radius 2 is 1.73 bits per heavy atom. The second kappa shape index (κ2) is 16.1. The number of hydrogen-bond donors (Lipinski definition) is 1. The van der Waals surface area contributed by atoms with Gasteiger partial charge in [0, 0.05) is 24.9 Å². The molecule has 0 aliphatic heterocycles. The molecule has 41 heavy (non-hydrogen) atoms. The SMILES string of the molecule is CCOC(=O)CCc1cc(F)c(F)c(OCC(CNC(C)(C)CC2Cc3ccccc3C2)OC(=O)CC(C)C)c1.Cl. The average molecular weight is 596 g/mol. The van der Waals surface area contributed by atoms with Crippen molar-refractivity contribution in [2.75, 3.05) is 19.8 Å². The smallest absolute Gasteiger partial charge is 0.306 e. The largest absolute Gasteiger partial charge is 0.486 e. The van der Waals surface area contributed by atoms with Crippen LogP contribution in [-0.2, 0) is 38.3 Å². The van der Waals surface area contributed by atoms with Gasteiger partial charge in [-0.25, -0.2) is 4.39 Å². The van der Waals surface area contributed by atoms with Gasteiger partial charge in [0.2, 0.25) is 5.82 Å². The Hall–Kier alpha value is -2.71. The normalized spacial score (nSPS) is 13.9. The van der Waals surface area contributed by atoms with Gasteiger partial charge in [-0.15, -0.1) is 12.4 Å². The molecule has 9 heteroatoms. The first-order chi connectivity index (χ1) is 19.0. The molecule has 1 aliphatic carbocycles. The minimum Gasteiger partial charge on any atom is -0.486 e. The fourth-order valence-corrected chi connectivity index (χ4v) is 5.21. The zero-order chi connectivity index (χ0) is 29.3. The van der Waals surface area contributed by atoms with Crippen LogP contribution in [0.1, 0.15) is 70.6 Å². The zero-order valence-electron chi connectivity index (χ0n) is 24.8. The maximum atomic E-state index is 14.6. The van der Waals surface area contributed by atoms with Crippen LogP contribution in [-0.4, -0.2) is 43.3 Å². The second-order valence-corrected chi connectivity index (χ2v) is 11.7. The number of hydrogen-bond acceptors (Lipinski definition) is 6. The number of halogens is 3. The summed E-state index contributed by atoms with van der Waals surface area (Å²) in [5.41, 5.74) is 2.96. The summed E-state index contributed by atoms with van der Waals surface area (Å²) in [7, 11) is 0. The Balaban J connectivity index is 0.00000588. The van der Waals surface area contributed by atoms with E-state index in [9.17, 15) is 18.4 Å². The van der Waals surface area contributed by atoms with Crippen LogP contribution in [0.15, 0.2) is 36.4 Å². The molecule has 2 aromatic carbocycles. The summed E-state index contributed by atoms with van der Waals surface area (Å²) in [6.07, 6.45) is 2.75. The van der Waals surface area contributed by atoms with Crippen molar-refractivity contribution in [3.05, 3.63) is 64.7 Å². The molecule has 3 rings (SSSR count). The van der Waals surface area contributed by atoms with Crippen LogP contribution in [0, 0.1) is 23.5 Å². The lowest BCUT2D eigenvalue weighted by atomic mass is 9.88. The van der Waals surface area contributed by atoms with Crippen LogP contribution in [0.2, 0.25) is 0 Å². The predicted octanol–water partition coefficient (Wildman–Crippen LogP) is 6.39. The molecule has 0 fully saturated rings. The zero-order valence-corrected chi connectivity index (χ0v) is 25.6. The number of nitrogens with one attached hydrogen (secondary N) is 1. The fraction of sp³-hybridized carbons (Fsp3) is 0.562. The number of esters is 2. The number of aryl methyl sites for hydroxylation is 1. The first-order valence-corrected chi connectivity index (χ1v) is 14.2. The monoisotopic (exact) mass is 595 g/mol. The van der Waals surface area contributed by atoms with E-state index in [1.165, 1.54) is 17.2 Å². The van der Waals surface area contributed by atoms with E-state index in [0.717, 1.165) is 25.3 Å². The van der Waals surface area contributed by atoms with Crippen molar-refractivity contribution in [1.29, 1.82) is 0 Å². The summed E-state index contributed by atoms with van der Waals surface area (Å²) >= 11 is 0. The van der Waals surface area contributed by atoms with E-state index in [1.54, 1.807) is 6.92 Å². The Bertz CT molecular complexity index is 1130. The third kappa shape index (κ3) is 11.2. The van der Waals surface area contributed by atoms with E-state index in [-0.39, 0.29) is 68.1 Å². The van der Waals surface area contributed by atoms with Crippen molar-refractivity contribution in [1.82, 2.24) is 5.32 Å². The lowest BCUT2D eigenvalue weighted by Gasteiger charge is -2.31. The van der Waals surface area contributed by atoms with Crippen LogP contribution in [0.3, 0.4) is 0 Å². The molecule has 6 nitrogen and oxygen atoms in total. The molecule has 0 saturated carbocycles. The number of rotatable bonds is 15. The van der Waals surface area contributed by atoms with Gasteiger partial charge in [0.25, 0.3) is 0 Å². The van der Waals surface area contributed by atoms with Gasteiger partial charge in [0.15, 0.2) is 11.6 Å². The van der Waals surface area contributed by atoms with Crippen molar-refractivity contribution < 1.29 is 32.6 Å². The number of fused-ring (bicyclic) bond motifs is 1. The molecule has 0 bridgehead atoms. The lowest BCUT2D eigenvalue weighted by molar-refractivity contribution is -0.151. The molecule has 0 radical (unpaired) electrons. The minimum absolute atomic E-state index is 0. The van der Waals surface area contributed by atoms with Crippen molar-refractivity contribution >= 4 is 24.3 Å². The summed E-state index contributed by atoms with van der Waals surface area (Å²) < 4.78 is 45.2. The van der Waals surface area contributed by atoms with Crippen LogP contribution in [0.4, 0.5) is 8.78 Å². The van der Waals surface area contributed by atoms with Crippen molar-refractivity contribution in [2.24, 2.45) is 11.8 Å². The summed E-state index contributed by atoms with van der Waals surface area (Å²) in [4.78, 5) is 24.2. The molecule has 228 valence electrons. The van der Waals surface area contributed by atoms with Gasteiger partial charge in [-0.2, -0.15) is 4.39 Å². The van der Waals surface area contributed by atoms with Gasteiger partial charge in [-0.3, -0.25) is 9.59 Å². The van der Waals surface area contributed by atoms with Gasteiger partial charge >= 0.3 is 11.9 Å². The average Bonchev–Trinajstić information content (AvgIpc) is 3.28. The van der Waals surface area contributed by atoms with E-state index < -0.39 is 23.7 Å². The highest BCUT2D eigenvalue weighted by Gasteiger charge is 2.29. The molecule has 0 heterocycles. The predicted molar refractivity (Wildman–Crippen MR) is 157 cm³/mol. The van der Waals surface area contributed by atoms with Gasteiger partial charge in [-0.05, 0) is 87.1 Å². The third-order valence-electron chi connectivity index (χ3n) is 7.02. The highest BCUT2D eigenvalue weighted by Crippen LogP contribution is 2.32. The van der Waals surface area contributed by atoms with Crippen LogP contribution < -0.4 is 10.1 Å². The summed E-state index contributed by atoms with van der Waals surface area (Å²) in [5, 5.41) is 3.51. The lowest BCUT2D eigenvalue weighted by Crippen LogP contribution is -2.47. The number of carbonyl (C=O) groups is 2. The number of ether oxygens (including phenoxy) is 3. The Labute approximate surface area is 248 Å². The molecule has 1 unspecified atom stereocenters. The number of carbonyl (C=O) groups excluding carboxylic acids is 2. The highest BCUT2D eigenvalue weighted by atomic mass is 35.5. The molecule has 0 amide bonds. The fourth-order valence-electron chi connectivity index (χ4n) is 5.21. The molecular formula is C32H44ClF2NO5. The molecule has 2 aromatic rings. The molecule has 1 atom stereocenters. The minimum atomic E-state index is -1.12. The van der Waals surface area contributed by atoms with Crippen molar-refractivity contribution in [3.8, 4) is 5.75 Å². The summed E-state index contributed by atoms with van der Waals surface area (Å²) in [6, 6.07) is 10.9. The maximum absolute atomic E-state index is 14.6. The molecule has 0 saturated heterocycles. The Morgan fingerprint density at radius 1 is 1.07 bits per heavy atom. The van der Waals surface area contributed by atoms with Crippen LogP contribution in [0.25, 0.3) is 0 Å². The van der Waals surface area contributed by atoms with E-state index >= 15 is 0 Å². The first-order valence-electron chi connectivity index (χ1n) is 14.2. The van der Waals surface area contributed by atoms with Gasteiger partial charge in [0.05, 0.1) is 6.61 Å². The molecule has 0 aromatic heterocycles. The van der Waals surface area contributed by atoms with E-state index in [2.05, 4.69) is 43.4 Å². The molecule has 0 spiro atoms. The topological polar surface area (TPSA) is 73.9 Å². The first kappa shape index (κ1) is 34.5. The van der Waals surface area contributed by atoms with E-state index in [0.29, 0.717) is 18.0 Å². The van der Waals surface area contributed by atoms with Gasteiger partial charge < -0.3 is 19.5 Å². The van der Waals surface area contributed by atoms with E-state index in [4.69, 9.17) is 14.2 Å². The number of benzene rings is 2. The van der Waals surface area contributed by atoms with E-state index in [1.807, 2.05) is 13.8 Å². The summed E-state index contributed by atoms with van der Waals surface area (Å²) in [5.74, 6) is -2.64. The van der Waals surface area contributed by atoms with Crippen LogP contribution >= 0.6 is 12.4 Å². The second-order valence-electron chi connectivity index (χ2n) is 11.7. The third-order valence-corrected chi connectivity index (χ3v) is 7.02. The Morgan fingerprint density at radius 3 is 2.34 bits per heavy atom. The maximum Gasteiger partial charge on any atom is 0.306 e. The Kier molecular flexibility index (Phi) is 13.5. The van der Waals surface area contributed by atoms with Gasteiger partial charge in [-0.1, -0.05) is 38.1 Å². The quantitative estimate of drug-likeness (QED) is 0.241. The van der Waals surface area contributed by atoms with Crippen LogP contribution in [0.5, 0.6) is 5.75 Å².